The van der Waals surface area contributed by atoms with Crippen LogP contribution in [0.4, 0.5) is 0 Å². The molecule has 2 heterocycles. The lowest BCUT2D eigenvalue weighted by molar-refractivity contribution is -0.671. The van der Waals surface area contributed by atoms with E-state index in [-0.39, 0.29) is 0 Å². The number of aromatic amines is 1. The first-order valence-corrected chi connectivity index (χ1v) is 7.88. The van der Waals surface area contributed by atoms with Crippen LogP contribution in [0.2, 0.25) is 0 Å². The number of hydrogen-bond donors (Lipinski definition) is 1. The van der Waals surface area contributed by atoms with Gasteiger partial charge in [0.1, 0.15) is 7.05 Å². The number of hydrogen-bond acceptors (Lipinski definition) is 2. The van der Waals surface area contributed by atoms with Crippen molar-refractivity contribution < 1.29 is 13.8 Å². The molecule has 124 valence electrons. The van der Waals surface area contributed by atoms with E-state index in [9.17, 15) is 4.79 Å². The molecule has 1 N–H and O–H groups in total. The summed E-state index contributed by atoms with van der Waals surface area (Å²) in [5, 5.41) is 2.52. The van der Waals surface area contributed by atoms with E-state index >= 15 is 0 Å². The average molecular weight is 333 g/mol. The summed E-state index contributed by atoms with van der Waals surface area (Å²) in [5.41, 5.74) is 2.65. The third-order valence-electron chi connectivity index (χ3n) is 3.57. The molecule has 0 bridgehead atoms. The van der Waals surface area contributed by atoms with E-state index in [4.69, 9.17) is 0 Å². The average Bonchev–Trinajstić information content (AvgIpc) is 3.06. The summed E-state index contributed by atoms with van der Waals surface area (Å²) in [6.45, 7) is 0. The number of pyridine rings is 1. The Bertz CT molecular complexity index is 959. The molecule has 0 amide bonds. The fraction of sp³-hybridized carbons (Fsp3) is 0.0500. The Morgan fingerprint density at radius 1 is 0.880 bits per heavy atom. The Kier molecular flexibility index (Phi) is 5.16. The molecule has 5 nitrogen and oxygen atoms in total. The van der Waals surface area contributed by atoms with Crippen molar-refractivity contribution in [3.05, 3.63) is 101 Å². The third kappa shape index (κ3) is 4.75. The molecule has 3 aromatic rings. The van der Waals surface area contributed by atoms with E-state index in [0.717, 1.165) is 16.8 Å². The molecule has 1 aromatic carbocycles. The van der Waals surface area contributed by atoms with Gasteiger partial charge in [-0.3, -0.25) is 4.52 Å². The van der Waals surface area contributed by atoms with Gasteiger partial charge in [-0.1, -0.05) is 36.5 Å². The van der Waals surface area contributed by atoms with Crippen LogP contribution in [0.1, 0.15) is 11.1 Å². The fourth-order valence-electron chi connectivity index (χ4n) is 2.21. The standard InChI is InChI=1S/C20H18N3O2/c1-22-14-12-18(13-15-22)7-5-3-2-4-6-17-8-10-19(11-9-17)23-16-20(24)25-21-23/h2-16H,1H3/q+1/p+1/b3-2+,6-4+,7-5+. The molecule has 0 atom stereocenters. The number of aromatic nitrogens is 3. The molecule has 0 unspecified atom stereocenters. The smallest absolute Gasteiger partial charge is 0.283 e. The van der Waals surface area contributed by atoms with Gasteiger partial charge in [-0.15, -0.1) is 0 Å². The highest BCUT2D eigenvalue weighted by atomic mass is 16.5. The maximum Gasteiger partial charge on any atom is 0.427 e. The second-order valence-electron chi connectivity index (χ2n) is 5.50. The van der Waals surface area contributed by atoms with E-state index in [0.29, 0.717) is 0 Å². The van der Waals surface area contributed by atoms with Gasteiger partial charge in [0.15, 0.2) is 12.4 Å². The zero-order valence-electron chi connectivity index (χ0n) is 13.9. The summed E-state index contributed by atoms with van der Waals surface area (Å²) < 4.78 is 8.18. The van der Waals surface area contributed by atoms with E-state index < -0.39 is 5.63 Å². The Hall–Kier alpha value is -3.47. The fourth-order valence-corrected chi connectivity index (χ4v) is 2.21. The van der Waals surface area contributed by atoms with Gasteiger partial charge in [0.25, 0.3) is 6.20 Å². The second-order valence-corrected chi connectivity index (χ2v) is 5.50. The van der Waals surface area contributed by atoms with Crippen LogP contribution >= 0.6 is 0 Å². The Labute approximate surface area is 145 Å². The molecule has 0 spiro atoms. The molecule has 0 saturated heterocycles. The number of aryl methyl sites for hydroxylation is 1. The normalized spacial score (nSPS) is 11.9. The molecule has 25 heavy (non-hydrogen) atoms. The summed E-state index contributed by atoms with van der Waals surface area (Å²) in [6.07, 6.45) is 17.4. The summed E-state index contributed by atoms with van der Waals surface area (Å²) in [7, 11) is 2.00. The number of benzene rings is 1. The zero-order chi connectivity index (χ0) is 17.5. The highest BCUT2D eigenvalue weighted by Crippen LogP contribution is 2.05. The first kappa shape index (κ1) is 16.4. The quantitative estimate of drug-likeness (QED) is 0.576. The molecule has 5 heteroatoms. The van der Waals surface area contributed by atoms with Crippen LogP contribution < -0.4 is 14.9 Å². The Morgan fingerprint density at radius 2 is 1.48 bits per heavy atom. The van der Waals surface area contributed by atoms with Gasteiger partial charge in [-0.05, 0) is 33.2 Å². The number of rotatable bonds is 5. The zero-order valence-corrected chi connectivity index (χ0v) is 13.9. The van der Waals surface area contributed by atoms with Crippen molar-refractivity contribution in [2.24, 2.45) is 7.05 Å². The number of nitrogens with one attached hydrogen (secondary N) is 1. The summed E-state index contributed by atoms with van der Waals surface area (Å²) in [5.74, 6) is 0. The van der Waals surface area contributed by atoms with E-state index in [2.05, 4.69) is 28.0 Å². The first-order chi connectivity index (χ1) is 12.2. The largest absolute Gasteiger partial charge is 0.427 e. The van der Waals surface area contributed by atoms with Gasteiger partial charge in [0, 0.05) is 24.3 Å². The van der Waals surface area contributed by atoms with Crippen LogP contribution in [0, 0.1) is 0 Å². The predicted molar refractivity (Wildman–Crippen MR) is 95.7 cm³/mol. The van der Waals surface area contributed by atoms with Gasteiger partial charge in [-0.25, -0.2) is 9.36 Å². The summed E-state index contributed by atoms with van der Waals surface area (Å²) in [4.78, 5) is 11.0. The van der Waals surface area contributed by atoms with Crippen molar-refractivity contribution >= 4 is 12.2 Å². The molecule has 0 aliphatic heterocycles. The second kappa shape index (κ2) is 7.88. The molecule has 3 rings (SSSR count). The molecule has 0 aliphatic carbocycles. The van der Waals surface area contributed by atoms with E-state index in [1.807, 2.05) is 78.7 Å². The number of nitrogens with zero attached hydrogens (tertiary/aromatic N) is 2. The molecule has 0 fully saturated rings. The summed E-state index contributed by atoms with van der Waals surface area (Å²) >= 11 is 0. The maximum atomic E-state index is 11.0. The number of allylic oxidation sites excluding steroid dienone is 4. The molecule has 0 radical (unpaired) electrons. The van der Waals surface area contributed by atoms with E-state index in [1.165, 1.54) is 10.9 Å². The molecular formula is C20H19N3O2+2. The van der Waals surface area contributed by atoms with Crippen molar-refractivity contribution in [1.29, 1.82) is 0 Å². The van der Waals surface area contributed by atoms with Gasteiger partial charge in [-0.2, -0.15) is 0 Å². The monoisotopic (exact) mass is 333 g/mol. The lowest BCUT2D eigenvalue weighted by Gasteiger charge is -1.92. The van der Waals surface area contributed by atoms with Crippen LogP contribution in [0.5, 0.6) is 0 Å². The SMILES string of the molecule is C[n+]1ccc(/C=C/C=C/C=C/c2ccc(-[n+]3cc(=O)o[nH]3)cc2)cc1. The van der Waals surface area contributed by atoms with Crippen LogP contribution in [0.3, 0.4) is 0 Å². The van der Waals surface area contributed by atoms with Crippen molar-refractivity contribution in [2.75, 3.05) is 0 Å². The van der Waals surface area contributed by atoms with Crippen LogP contribution in [-0.4, -0.2) is 5.27 Å². The molecule has 0 aliphatic rings. The topological polar surface area (TPSA) is 53.8 Å². The minimum Gasteiger partial charge on any atom is -0.283 e. The van der Waals surface area contributed by atoms with Gasteiger partial charge in [0.2, 0.25) is 5.69 Å². The van der Waals surface area contributed by atoms with Gasteiger partial charge < -0.3 is 0 Å². The van der Waals surface area contributed by atoms with Gasteiger partial charge >= 0.3 is 5.63 Å². The summed E-state index contributed by atoms with van der Waals surface area (Å²) in [6, 6.07) is 11.9. The lowest BCUT2D eigenvalue weighted by Crippen LogP contribution is -2.31. The Balaban J connectivity index is 1.56. The molecule has 2 aromatic heterocycles. The maximum absolute atomic E-state index is 11.0. The Morgan fingerprint density at radius 3 is 2.04 bits per heavy atom. The van der Waals surface area contributed by atoms with Crippen molar-refractivity contribution in [3.63, 3.8) is 0 Å². The van der Waals surface area contributed by atoms with E-state index in [1.54, 1.807) is 0 Å². The van der Waals surface area contributed by atoms with Crippen LogP contribution in [0.15, 0.2) is 88.6 Å². The predicted octanol–water partition coefficient (Wildman–Crippen LogP) is 2.35. The highest BCUT2D eigenvalue weighted by molar-refractivity contribution is 5.53. The highest BCUT2D eigenvalue weighted by Gasteiger charge is 2.08. The minimum absolute atomic E-state index is 0.411. The van der Waals surface area contributed by atoms with Crippen molar-refractivity contribution in [1.82, 2.24) is 5.27 Å². The van der Waals surface area contributed by atoms with Gasteiger partial charge in [0.05, 0.1) is 0 Å². The third-order valence-corrected chi connectivity index (χ3v) is 3.57. The first-order valence-electron chi connectivity index (χ1n) is 7.88. The van der Waals surface area contributed by atoms with Crippen molar-refractivity contribution in [2.45, 2.75) is 0 Å². The number of H-pyrrole nitrogens is 1. The minimum atomic E-state index is -0.411. The van der Waals surface area contributed by atoms with Crippen LogP contribution in [0.25, 0.3) is 17.8 Å². The molecule has 0 saturated carbocycles. The van der Waals surface area contributed by atoms with Crippen LogP contribution in [-0.2, 0) is 7.05 Å². The lowest BCUT2D eigenvalue weighted by atomic mass is 10.2. The van der Waals surface area contributed by atoms with Crippen molar-refractivity contribution in [3.8, 4) is 5.69 Å². The molecular weight excluding hydrogens is 314 g/mol.